The third-order valence-electron chi connectivity index (χ3n) is 3.23. The molecule has 5 heteroatoms. The summed E-state index contributed by atoms with van der Waals surface area (Å²) < 4.78 is 3.14. The van der Waals surface area contributed by atoms with Gasteiger partial charge >= 0.3 is 0 Å². The lowest BCUT2D eigenvalue weighted by Gasteiger charge is -2.13. The van der Waals surface area contributed by atoms with Gasteiger partial charge in [-0.25, -0.2) is 0 Å². The molecule has 0 aliphatic heterocycles. The maximum atomic E-state index is 12.3. The summed E-state index contributed by atoms with van der Waals surface area (Å²) >= 11 is 6.77. The molecule has 1 aliphatic carbocycles. The number of rotatable bonds is 1. The first kappa shape index (κ1) is 10.2. The van der Waals surface area contributed by atoms with Crippen molar-refractivity contribution < 1.29 is 0 Å². The Morgan fingerprint density at radius 1 is 1.44 bits per heavy atom. The lowest BCUT2D eigenvalue weighted by molar-refractivity contribution is 0.493. The van der Waals surface area contributed by atoms with E-state index in [1.165, 1.54) is 24.2 Å². The summed E-state index contributed by atoms with van der Waals surface area (Å²) in [6.07, 6.45) is 4.56. The number of aromatic amines is 1. The predicted molar refractivity (Wildman–Crippen MR) is 68.8 cm³/mol. The molecule has 1 saturated carbocycles. The quantitative estimate of drug-likeness (QED) is 0.791. The number of nitrogens with one attached hydrogen (secondary N) is 1. The van der Waals surface area contributed by atoms with Crippen LogP contribution in [0, 0.1) is 4.77 Å². The summed E-state index contributed by atoms with van der Waals surface area (Å²) in [4.78, 5) is 15.4. The van der Waals surface area contributed by atoms with Gasteiger partial charge in [-0.05, 0) is 36.5 Å². The SMILES string of the molecule is O=c1c2sccc2[nH]c(=S)n1C1CCCC1. The Morgan fingerprint density at radius 2 is 2.19 bits per heavy atom. The molecule has 3 rings (SSSR count). The number of fused-ring (bicyclic) bond motifs is 1. The Kier molecular flexibility index (Phi) is 2.44. The second kappa shape index (κ2) is 3.82. The van der Waals surface area contributed by atoms with E-state index in [1.54, 1.807) is 4.57 Å². The molecule has 2 aromatic rings. The molecule has 0 amide bonds. The van der Waals surface area contributed by atoms with Crippen molar-refractivity contribution in [2.45, 2.75) is 31.7 Å². The highest BCUT2D eigenvalue weighted by Crippen LogP contribution is 2.29. The van der Waals surface area contributed by atoms with Crippen LogP contribution < -0.4 is 5.56 Å². The van der Waals surface area contributed by atoms with E-state index in [4.69, 9.17) is 12.2 Å². The minimum atomic E-state index is 0.0839. The molecule has 2 heterocycles. The minimum Gasteiger partial charge on any atom is -0.331 e. The lowest BCUT2D eigenvalue weighted by Crippen LogP contribution is -2.24. The first-order valence-electron chi connectivity index (χ1n) is 5.49. The number of nitrogens with zero attached hydrogens (tertiary/aromatic N) is 1. The van der Waals surface area contributed by atoms with Gasteiger partial charge in [0.2, 0.25) is 0 Å². The second-order valence-electron chi connectivity index (χ2n) is 4.21. The maximum absolute atomic E-state index is 12.3. The topological polar surface area (TPSA) is 37.8 Å². The van der Waals surface area contributed by atoms with Gasteiger partial charge in [0.15, 0.2) is 4.77 Å². The normalized spacial score (nSPS) is 17.2. The van der Waals surface area contributed by atoms with Crippen molar-refractivity contribution in [2.75, 3.05) is 0 Å². The van der Waals surface area contributed by atoms with Crippen LogP contribution in [0.25, 0.3) is 10.2 Å². The highest BCUT2D eigenvalue weighted by molar-refractivity contribution is 7.71. The molecular weight excluding hydrogens is 240 g/mol. The summed E-state index contributed by atoms with van der Waals surface area (Å²) in [7, 11) is 0. The molecule has 1 fully saturated rings. The standard InChI is InChI=1S/C11H12N2OS2/c14-10-9-8(5-6-16-9)12-11(15)13(10)7-3-1-2-4-7/h5-7H,1-4H2,(H,12,15). The predicted octanol–water partition coefficient (Wildman–Crippen LogP) is 3.24. The van der Waals surface area contributed by atoms with Crippen molar-refractivity contribution in [2.24, 2.45) is 0 Å². The Labute approximate surface area is 102 Å². The van der Waals surface area contributed by atoms with E-state index in [0.717, 1.165) is 23.1 Å². The smallest absolute Gasteiger partial charge is 0.272 e. The van der Waals surface area contributed by atoms with E-state index < -0.39 is 0 Å². The van der Waals surface area contributed by atoms with Gasteiger partial charge in [0, 0.05) is 6.04 Å². The van der Waals surface area contributed by atoms with Crippen LogP contribution in [0.1, 0.15) is 31.7 Å². The molecule has 0 unspecified atom stereocenters. The summed E-state index contributed by atoms with van der Waals surface area (Å²) in [5.41, 5.74) is 0.954. The third kappa shape index (κ3) is 1.46. The molecule has 0 atom stereocenters. The van der Waals surface area contributed by atoms with E-state index >= 15 is 0 Å². The van der Waals surface area contributed by atoms with Gasteiger partial charge in [0.1, 0.15) is 4.70 Å². The molecule has 2 aromatic heterocycles. The van der Waals surface area contributed by atoms with Crippen molar-refractivity contribution >= 4 is 33.8 Å². The summed E-state index contributed by atoms with van der Waals surface area (Å²) in [5.74, 6) is 0. The number of H-pyrrole nitrogens is 1. The van der Waals surface area contributed by atoms with Crippen LogP contribution in [0.4, 0.5) is 0 Å². The monoisotopic (exact) mass is 252 g/mol. The molecule has 0 saturated heterocycles. The fourth-order valence-electron chi connectivity index (χ4n) is 2.44. The average molecular weight is 252 g/mol. The zero-order valence-corrected chi connectivity index (χ0v) is 10.4. The van der Waals surface area contributed by atoms with Crippen molar-refractivity contribution in [1.29, 1.82) is 0 Å². The van der Waals surface area contributed by atoms with Crippen molar-refractivity contribution in [3.63, 3.8) is 0 Å². The highest BCUT2D eigenvalue weighted by atomic mass is 32.1. The number of aromatic nitrogens is 2. The largest absolute Gasteiger partial charge is 0.331 e. The Hall–Kier alpha value is -0.940. The first-order chi connectivity index (χ1) is 7.77. The van der Waals surface area contributed by atoms with Crippen LogP contribution in [0.5, 0.6) is 0 Å². The first-order valence-corrected chi connectivity index (χ1v) is 6.78. The van der Waals surface area contributed by atoms with Gasteiger partial charge in [0.25, 0.3) is 5.56 Å². The van der Waals surface area contributed by atoms with Gasteiger partial charge in [-0.3, -0.25) is 9.36 Å². The lowest BCUT2D eigenvalue weighted by atomic mass is 10.2. The van der Waals surface area contributed by atoms with Crippen LogP contribution in [-0.4, -0.2) is 9.55 Å². The molecule has 1 aliphatic rings. The molecule has 84 valence electrons. The fourth-order valence-corrected chi connectivity index (χ4v) is 3.57. The van der Waals surface area contributed by atoms with E-state index in [2.05, 4.69) is 4.98 Å². The van der Waals surface area contributed by atoms with Gasteiger partial charge in [-0.2, -0.15) is 0 Å². The number of hydrogen-bond acceptors (Lipinski definition) is 3. The zero-order chi connectivity index (χ0) is 11.1. The Morgan fingerprint density at radius 3 is 2.94 bits per heavy atom. The van der Waals surface area contributed by atoms with Crippen LogP contribution in [0.2, 0.25) is 0 Å². The Bertz CT molecular complexity index is 631. The molecule has 0 spiro atoms. The van der Waals surface area contributed by atoms with Crippen LogP contribution in [-0.2, 0) is 0 Å². The summed E-state index contributed by atoms with van der Waals surface area (Å²) in [6, 6.07) is 2.22. The van der Waals surface area contributed by atoms with Crippen LogP contribution in [0.15, 0.2) is 16.2 Å². The fraction of sp³-hybridized carbons (Fsp3) is 0.455. The van der Waals surface area contributed by atoms with Crippen LogP contribution in [0.3, 0.4) is 0 Å². The van der Waals surface area contributed by atoms with E-state index in [0.29, 0.717) is 10.8 Å². The van der Waals surface area contributed by atoms with Gasteiger partial charge in [0.05, 0.1) is 5.52 Å². The molecule has 3 nitrogen and oxygen atoms in total. The molecule has 16 heavy (non-hydrogen) atoms. The second-order valence-corrected chi connectivity index (χ2v) is 5.51. The summed E-state index contributed by atoms with van der Waals surface area (Å²) in [6.45, 7) is 0. The molecule has 0 bridgehead atoms. The molecule has 1 N–H and O–H groups in total. The third-order valence-corrected chi connectivity index (χ3v) is 4.43. The van der Waals surface area contributed by atoms with E-state index in [9.17, 15) is 4.79 Å². The van der Waals surface area contributed by atoms with Gasteiger partial charge in [-0.1, -0.05) is 12.8 Å². The van der Waals surface area contributed by atoms with Crippen molar-refractivity contribution in [3.05, 3.63) is 26.6 Å². The minimum absolute atomic E-state index is 0.0839. The molecular formula is C11H12N2OS2. The number of hydrogen-bond donors (Lipinski definition) is 1. The van der Waals surface area contributed by atoms with Gasteiger partial charge in [-0.15, -0.1) is 11.3 Å². The maximum Gasteiger partial charge on any atom is 0.272 e. The molecule has 0 aromatic carbocycles. The van der Waals surface area contributed by atoms with Crippen molar-refractivity contribution in [3.8, 4) is 0 Å². The summed E-state index contributed by atoms with van der Waals surface area (Å²) in [5, 5.41) is 1.93. The van der Waals surface area contributed by atoms with Crippen molar-refractivity contribution in [1.82, 2.24) is 9.55 Å². The van der Waals surface area contributed by atoms with Crippen LogP contribution >= 0.6 is 23.6 Å². The molecule has 0 radical (unpaired) electrons. The number of thiophene rings is 1. The highest BCUT2D eigenvalue weighted by Gasteiger charge is 2.20. The zero-order valence-electron chi connectivity index (χ0n) is 8.73. The van der Waals surface area contributed by atoms with Gasteiger partial charge < -0.3 is 4.98 Å². The average Bonchev–Trinajstić information content (AvgIpc) is 2.87. The van der Waals surface area contributed by atoms with E-state index in [-0.39, 0.29) is 5.56 Å². The Balaban J connectivity index is 2.30. The van der Waals surface area contributed by atoms with E-state index in [1.807, 2.05) is 11.4 Å².